The van der Waals surface area contributed by atoms with Crippen molar-refractivity contribution in [3.05, 3.63) is 69.6 Å². The van der Waals surface area contributed by atoms with E-state index in [1.807, 2.05) is 52.0 Å². The van der Waals surface area contributed by atoms with Gasteiger partial charge in [0, 0.05) is 17.6 Å². The van der Waals surface area contributed by atoms with E-state index in [0.29, 0.717) is 17.3 Å². The monoisotopic (exact) mass is 349 g/mol. The third-order valence-electron chi connectivity index (χ3n) is 4.26. The van der Waals surface area contributed by atoms with E-state index in [0.717, 1.165) is 16.8 Å². The minimum atomic E-state index is -0.313. The fourth-order valence-corrected chi connectivity index (χ4v) is 2.92. The van der Waals surface area contributed by atoms with Crippen LogP contribution in [-0.4, -0.2) is 15.7 Å². The highest BCUT2D eigenvalue weighted by Gasteiger charge is 2.17. The molecule has 5 heteroatoms. The van der Waals surface area contributed by atoms with Gasteiger partial charge in [0.25, 0.3) is 11.5 Å². The largest absolute Gasteiger partial charge is 0.320 e. The van der Waals surface area contributed by atoms with Crippen LogP contribution in [0.25, 0.3) is 10.8 Å². The third kappa shape index (κ3) is 3.52. The van der Waals surface area contributed by atoms with Crippen molar-refractivity contribution in [1.29, 1.82) is 0 Å². The second kappa shape index (κ2) is 7.12. The normalized spacial score (nSPS) is 11.1. The quantitative estimate of drug-likeness (QED) is 0.776. The lowest BCUT2D eigenvalue weighted by Gasteiger charge is -2.13. The Morgan fingerprint density at radius 1 is 1.12 bits per heavy atom. The molecule has 1 aromatic heterocycles. The molecule has 0 spiro atoms. The molecule has 26 heavy (non-hydrogen) atoms. The molecule has 3 aromatic rings. The Morgan fingerprint density at radius 3 is 2.50 bits per heavy atom. The molecule has 0 radical (unpaired) electrons. The number of fused-ring (bicyclic) bond motifs is 1. The summed E-state index contributed by atoms with van der Waals surface area (Å²) in [5.41, 5.74) is 2.89. The standard InChI is InChI=1S/C21H23N3O2/c1-13(2)12-24-21(26)17-8-6-5-7-16(17)19(23-24)20(25)22-18-11-14(3)9-10-15(18)4/h5-11,13H,12H2,1-4H3,(H,22,25). The Hall–Kier alpha value is -2.95. The van der Waals surface area contributed by atoms with Gasteiger partial charge in [-0.2, -0.15) is 5.10 Å². The Balaban J connectivity index is 2.11. The van der Waals surface area contributed by atoms with E-state index in [9.17, 15) is 9.59 Å². The lowest BCUT2D eigenvalue weighted by atomic mass is 10.1. The van der Waals surface area contributed by atoms with E-state index in [2.05, 4.69) is 10.4 Å². The van der Waals surface area contributed by atoms with E-state index in [-0.39, 0.29) is 23.1 Å². The first-order chi connectivity index (χ1) is 12.4. The highest BCUT2D eigenvalue weighted by atomic mass is 16.2. The molecule has 1 heterocycles. The number of amides is 1. The molecule has 0 aliphatic rings. The van der Waals surface area contributed by atoms with E-state index in [1.54, 1.807) is 18.2 Å². The van der Waals surface area contributed by atoms with Crippen molar-refractivity contribution in [2.75, 3.05) is 5.32 Å². The predicted octanol–water partition coefficient (Wildman–Crippen LogP) is 3.92. The maximum absolute atomic E-state index is 13.0. The van der Waals surface area contributed by atoms with Gasteiger partial charge in [0.15, 0.2) is 5.69 Å². The van der Waals surface area contributed by atoms with Gasteiger partial charge < -0.3 is 5.32 Å². The number of rotatable bonds is 4. The summed E-state index contributed by atoms with van der Waals surface area (Å²) in [5, 5.41) is 8.40. The van der Waals surface area contributed by atoms with Crippen molar-refractivity contribution >= 4 is 22.4 Å². The summed E-state index contributed by atoms with van der Waals surface area (Å²) >= 11 is 0. The van der Waals surface area contributed by atoms with E-state index in [4.69, 9.17) is 0 Å². The van der Waals surface area contributed by atoms with Crippen molar-refractivity contribution in [3.63, 3.8) is 0 Å². The fraction of sp³-hybridized carbons (Fsp3) is 0.286. The highest BCUT2D eigenvalue weighted by Crippen LogP contribution is 2.19. The summed E-state index contributed by atoms with van der Waals surface area (Å²) in [5.74, 6) is -0.0660. The van der Waals surface area contributed by atoms with Crippen molar-refractivity contribution in [2.45, 2.75) is 34.2 Å². The van der Waals surface area contributed by atoms with Gasteiger partial charge in [-0.25, -0.2) is 4.68 Å². The van der Waals surface area contributed by atoms with Gasteiger partial charge in [-0.3, -0.25) is 9.59 Å². The van der Waals surface area contributed by atoms with Crippen molar-refractivity contribution < 1.29 is 4.79 Å². The van der Waals surface area contributed by atoms with Gasteiger partial charge >= 0.3 is 0 Å². The van der Waals surface area contributed by atoms with E-state index >= 15 is 0 Å². The van der Waals surface area contributed by atoms with Gasteiger partial charge in [-0.1, -0.05) is 44.2 Å². The first kappa shape index (κ1) is 17.9. The number of aryl methyl sites for hydroxylation is 2. The van der Waals surface area contributed by atoms with E-state index in [1.165, 1.54) is 4.68 Å². The average molecular weight is 349 g/mol. The zero-order chi connectivity index (χ0) is 18.8. The smallest absolute Gasteiger partial charge is 0.276 e. The number of hydrogen-bond donors (Lipinski definition) is 1. The van der Waals surface area contributed by atoms with Crippen LogP contribution in [0.15, 0.2) is 47.3 Å². The van der Waals surface area contributed by atoms with Gasteiger partial charge in [-0.05, 0) is 43.0 Å². The maximum atomic E-state index is 13.0. The van der Waals surface area contributed by atoms with Crippen LogP contribution >= 0.6 is 0 Å². The second-order valence-electron chi connectivity index (χ2n) is 7.05. The molecular weight excluding hydrogens is 326 g/mol. The molecule has 1 amide bonds. The Bertz CT molecular complexity index is 1040. The van der Waals surface area contributed by atoms with Crippen LogP contribution in [-0.2, 0) is 6.54 Å². The molecule has 0 bridgehead atoms. The average Bonchev–Trinajstić information content (AvgIpc) is 2.60. The number of nitrogens with zero attached hydrogens (tertiary/aromatic N) is 2. The molecule has 0 unspecified atom stereocenters. The van der Waals surface area contributed by atoms with Crippen LogP contribution in [0, 0.1) is 19.8 Å². The van der Waals surface area contributed by atoms with Crippen molar-refractivity contribution in [1.82, 2.24) is 9.78 Å². The Morgan fingerprint density at radius 2 is 1.81 bits per heavy atom. The summed E-state index contributed by atoms with van der Waals surface area (Å²) in [6.07, 6.45) is 0. The molecule has 0 aliphatic heterocycles. The second-order valence-corrected chi connectivity index (χ2v) is 7.05. The summed E-state index contributed by atoms with van der Waals surface area (Å²) in [6, 6.07) is 13.0. The third-order valence-corrected chi connectivity index (χ3v) is 4.26. The molecule has 5 nitrogen and oxygen atoms in total. The van der Waals surface area contributed by atoms with Crippen LogP contribution < -0.4 is 10.9 Å². The molecule has 0 saturated carbocycles. The van der Waals surface area contributed by atoms with Gasteiger partial charge in [0.2, 0.25) is 0 Å². The Labute approximate surface area is 152 Å². The number of carbonyl (C=O) groups is 1. The SMILES string of the molecule is Cc1ccc(C)c(NC(=O)c2nn(CC(C)C)c(=O)c3ccccc23)c1. The zero-order valence-electron chi connectivity index (χ0n) is 15.5. The van der Waals surface area contributed by atoms with Crippen molar-refractivity contribution in [2.24, 2.45) is 5.92 Å². The minimum Gasteiger partial charge on any atom is -0.320 e. The number of aromatic nitrogens is 2. The number of anilines is 1. The molecule has 2 aromatic carbocycles. The van der Waals surface area contributed by atoms with Gasteiger partial charge in [-0.15, -0.1) is 0 Å². The van der Waals surface area contributed by atoms with Crippen LogP contribution in [0.3, 0.4) is 0 Å². The van der Waals surface area contributed by atoms with E-state index < -0.39 is 0 Å². The molecule has 0 fully saturated rings. The number of carbonyl (C=O) groups excluding carboxylic acids is 1. The first-order valence-electron chi connectivity index (χ1n) is 8.75. The molecule has 3 rings (SSSR count). The lowest BCUT2D eigenvalue weighted by Crippen LogP contribution is -2.29. The molecule has 1 N–H and O–H groups in total. The maximum Gasteiger partial charge on any atom is 0.276 e. The molecular formula is C21H23N3O2. The molecule has 0 atom stereocenters. The summed E-state index contributed by atoms with van der Waals surface area (Å²) in [4.78, 5) is 25.6. The minimum absolute atomic E-state index is 0.169. The fourth-order valence-electron chi connectivity index (χ4n) is 2.92. The lowest BCUT2D eigenvalue weighted by molar-refractivity contribution is 0.102. The molecule has 0 aliphatic carbocycles. The molecule has 134 valence electrons. The van der Waals surface area contributed by atoms with Gasteiger partial charge in [0.1, 0.15) is 0 Å². The summed E-state index contributed by atoms with van der Waals surface area (Å²) in [6.45, 7) is 8.41. The van der Waals surface area contributed by atoms with Crippen LogP contribution in [0.1, 0.15) is 35.5 Å². The number of hydrogen-bond acceptors (Lipinski definition) is 3. The first-order valence-corrected chi connectivity index (χ1v) is 8.75. The number of benzene rings is 2. The van der Waals surface area contributed by atoms with Crippen molar-refractivity contribution in [3.8, 4) is 0 Å². The molecule has 0 saturated heterocycles. The van der Waals surface area contributed by atoms with Crippen LogP contribution in [0.5, 0.6) is 0 Å². The highest BCUT2D eigenvalue weighted by molar-refractivity contribution is 6.11. The summed E-state index contributed by atoms with van der Waals surface area (Å²) in [7, 11) is 0. The topological polar surface area (TPSA) is 64.0 Å². The van der Waals surface area contributed by atoms with Crippen LogP contribution in [0.4, 0.5) is 5.69 Å². The van der Waals surface area contributed by atoms with Crippen LogP contribution in [0.2, 0.25) is 0 Å². The predicted molar refractivity (Wildman–Crippen MR) is 105 cm³/mol. The Kier molecular flexibility index (Phi) is 4.89. The number of nitrogens with one attached hydrogen (secondary N) is 1. The zero-order valence-corrected chi connectivity index (χ0v) is 15.5. The summed E-state index contributed by atoms with van der Waals surface area (Å²) < 4.78 is 1.39. The van der Waals surface area contributed by atoms with Gasteiger partial charge in [0.05, 0.1) is 5.39 Å².